The van der Waals surface area contributed by atoms with E-state index < -0.39 is 0 Å². The molecule has 6 heteroatoms. The Balaban J connectivity index is 1.97. The van der Waals surface area contributed by atoms with Crippen molar-refractivity contribution in [3.63, 3.8) is 0 Å². The fourth-order valence-electron chi connectivity index (χ4n) is 1.65. The molecule has 0 radical (unpaired) electrons. The van der Waals surface area contributed by atoms with Gasteiger partial charge in [-0.25, -0.2) is 0 Å². The summed E-state index contributed by atoms with van der Waals surface area (Å²) in [4.78, 5) is 0. The minimum atomic E-state index is 0.652. The van der Waals surface area contributed by atoms with Crippen LogP contribution in [0.15, 0.2) is 16.9 Å². The predicted octanol–water partition coefficient (Wildman–Crippen LogP) is 1.91. The van der Waals surface area contributed by atoms with E-state index >= 15 is 0 Å². The van der Waals surface area contributed by atoms with Gasteiger partial charge < -0.3 is 9.84 Å². The van der Waals surface area contributed by atoms with Gasteiger partial charge in [0, 0.05) is 26.2 Å². The quantitative estimate of drug-likeness (QED) is 0.886. The first-order valence-corrected chi connectivity index (χ1v) is 5.90. The molecule has 0 aromatic carbocycles. The number of aryl methyl sites for hydroxylation is 2. The SMILES string of the molecule is CCc1nn(C)c(CNCc2ccon2)c1Cl. The fraction of sp³-hybridized carbons (Fsp3) is 0.455. The van der Waals surface area contributed by atoms with E-state index in [1.807, 2.05) is 24.7 Å². The molecule has 5 nitrogen and oxygen atoms in total. The van der Waals surface area contributed by atoms with Crippen LogP contribution in [-0.2, 0) is 26.6 Å². The van der Waals surface area contributed by atoms with E-state index in [2.05, 4.69) is 15.6 Å². The van der Waals surface area contributed by atoms with Crippen molar-refractivity contribution in [3.8, 4) is 0 Å². The van der Waals surface area contributed by atoms with Crippen molar-refractivity contribution in [2.45, 2.75) is 26.4 Å². The largest absolute Gasteiger partial charge is 0.364 e. The van der Waals surface area contributed by atoms with Crippen molar-refractivity contribution in [1.82, 2.24) is 20.3 Å². The maximum absolute atomic E-state index is 6.23. The summed E-state index contributed by atoms with van der Waals surface area (Å²) < 4.78 is 6.57. The molecule has 0 saturated heterocycles. The van der Waals surface area contributed by atoms with Crippen LogP contribution in [0.2, 0.25) is 5.02 Å². The number of aromatic nitrogens is 3. The van der Waals surface area contributed by atoms with Gasteiger partial charge in [-0.2, -0.15) is 5.10 Å². The molecule has 0 spiro atoms. The van der Waals surface area contributed by atoms with Gasteiger partial charge in [-0.3, -0.25) is 4.68 Å². The summed E-state index contributed by atoms with van der Waals surface area (Å²) in [7, 11) is 1.90. The van der Waals surface area contributed by atoms with Gasteiger partial charge in [0.2, 0.25) is 0 Å². The van der Waals surface area contributed by atoms with Crippen LogP contribution in [0.3, 0.4) is 0 Å². The van der Waals surface area contributed by atoms with Crippen LogP contribution in [-0.4, -0.2) is 14.9 Å². The molecule has 0 aliphatic carbocycles. The second-order valence-corrected chi connectivity index (χ2v) is 4.16. The van der Waals surface area contributed by atoms with Gasteiger partial charge in [0.15, 0.2) is 0 Å². The Morgan fingerprint density at radius 1 is 1.47 bits per heavy atom. The summed E-state index contributed by atoms with van der Waals surface area (Å²) in [6.45, 7) is 3.36. The molecule has 0 saturated carbocycles. The van der Waals surface area contributed by atoms with E-state index in [0.717, 1.165) is 28.5 Å². The molecule has 0 aliphatic heterocycles. The second kappa shape index (κ2) is 5.33. The molecule has 1 N–H and O–H groups in total. The standard InChI is InChI=1S/C11H15ClN4O/c1-3-9-11(12)10(16(2)14-9)7-13-6-8-4-5-17-15-8/h4-5,13H,3,6-7H2,1-2H3. The molecule has 2 aromatic rings. The lowest BCUT2D eigenvalue weighted by molar-refractivity contribution is 0.408. The lowest BCUT2D eigenvalue weighted by Gasteiger charge is -2.03. The van der Waals surface area contributed by atoms with Crippen LogP contribution in [0.4, 0.5) is 0 Å². The summed E-state index contributed by atoms with van der Waals surface area (Å²) >= 11 is 6.23. The number of hydrogen-bond donors (Lipinski definition) is 1. The smallest absolute Gasteiger partial charge is 0.124 e. The molecule has 0 amide bonds. The third kappa shape index (κ3) is 2.68. The van der Waals surface area contributed by atoms with Crippen molar-refractivity contribution in [3.05, 3.63) is 34.4 Å². The Kier molecular flexibility index (Phi) is 3.81. The van der Waals surface area contributed by atoms with Crippen LogP contribution < -0.4 is 5.32 Å². The van der Waals surface area contributed by atoms with Gasteiger partial charge in [0.05, 0.1) is 22.1 Å². The first-order chi connectivity index (χ1) is 8.22. The Morgan fingerprint density at radius 3 is 2.88 bits per heavy atom. The summed E-state index contributed by atoms with van der Waals surface area (Å²) in [5.74, 6) is 0. The van der Waals surface area contributed by atoms with Crippen molar-refractivity contribution >= 4 is 11.6 Å². The lowest BCUT2D eigenvalue weighted by Crippen LogP contribution is -2.15. The van der Waals surface area contributed by atoms with Crippen LogP contribution in [0.1, 0.15) is 24.0 Å². The van der Waals surface area contributed by atoms with Crippen LogP contribution in [0, 0.1) is 0 Å². The minimum Gasteiger partial charge on any atom is -0.364 e. The Labute approximate surface area is 105 Å². The Hall–Kier alpha value is -1.33. The first-order valence-electron chi connectivity index (χ1n) is 5.52. The maximum Gasteiger partial charge on any atom is 0.124 e. The van der Waals surface area contributed by atoms with Crippen LogP contribution in [0.25, 0.3) is 0 Å². The van der Waals surface area contributed by atoms with Gasteiger partial charge in [-0.15, -0.1) is 0 Å². The lowest BCUT2D eigenvalue weighted by atomic mass is 10.3. The van der Waals surface area contributed by atoms with Crippen LogP contribution in [0.5, 0.6) is 0 Å². The molecule has 0 atom stereocenters. The predicted molar refractivity (Wildman–Crippen MR) is 64.6 cm³/mol. The second-order valence-electron chi connectivity index (χ2n) is 3.78. The molecule has 0 unspecified atom stereocenters. The summed E-state index contributed by atoms with van der Waals surface area (Å²) in [5, 5.41) is 12.2. The minimum absolute atomic E-state index is 0.652. The maximum atomic E-state index is 6.23. The van der Waals surface area contributed by atoms with Crippen molar-refractivity contribution < 1.29 is 4.52 Å². The van der Waals surface area contributed by atoms with Gasteiger partial charge in [0.25, 0.3) is 0 Å². The highest BCUT2D eigenvalue weighted by molar-refractivity contribution is 6.31. The van der Waals surface area contributed by atoms with Gasteiger partial charge >= 0.3 is 0 Å². The van der Waals surface area contributed by atoms with E-state index in [1.165, 1.54) is 0 Å². The number of nitrogens with zero attached hydrogens (tertiary/aromatic N) is 3. The Bertz CT molecular complexity index is 478. The molecule has 17 heavy (non-hydrogen) atoms. The zero-order chi connectivity index (χ0) is 12.3. The molecule has 2 aromatic heterocycles. The molecular formula is C11H15ClN4O. The average molecular weight is 255 g/mol. The number of nitrogens with one attached hydrogen (secondary N) is 1. The monoisotopic (exact) mass is 254 g/mol. The fourth-order valence-corrected chi connectivity index (χ4v) is 2.01. The van der Waals surface area contributed by atoms with E-state index in [9.17, 15) is 0 Å². The summed E-state index contributed by atoms with van der Waals surface area (Å²) in [6, 6.07) is 1.83. The average Bonchev–Trinajstić information content (AvgIpc) is 2.91. The third-order valence-electron chi connectivity index (χ3n) is 2.59. The van der Waals surface area contributed by atoms with Crippen molar-refractivity contribution in [1.29, 1.82) is 0 Å². The number of halogens is 1. The molecule has 0 fully saturated rings. The van der Waals surface area contributed by atoms with Gasteiger partial charge in [-0.1, -0.05) is 23.7 Å². The zero-order valence-electron chi connectivity index (χ0n) is 9.90. The van der Waals surface area contributed by atoms with Gasteiger partial charge in [0.1, 0.15) is 6.26 Å². The van der Waals surface area contributed by atoms with E-state index in [1.54, 1.807) is 6.26 Å². The molecular weight excluding hydrogens is 240 g/mol. The normalized spacial score (nSPS) is 11.0. The Morgan fingerprint density at radius 2 is 2.29 bits per heavy atom. The van der Waals surface area contributed by atoms with E-state index in [0.29, 0.717) is 13.1 Å². The van der Waals surface area contributed by atoms with E-state index in [-0.39, 0.29) is 0 Å². The molecule has 0 bridgehead atoms. The highest BCUT2D eigenvalue weighted by atomic mass is 35.5. The highest BCUT2D eigenvalue weighted by Gasteiger charge is 2.12. The van der Waals surface area contributed by atoms with Gasteiger partial charge in [-0.05, 0) is 6.42 Å². The van der Waals surface area contributed by atoms with Crippen molar-refractivity contribution in [2.75, 3.05) is 0 Å². The zero-order valence-corrected chi connectivity index (χ0v) is 10.7. The number of hydrogen-bond acceptors (Lipinski definition) is 4. The van der Waals surface area contributed by atoms with Crippen molar-refractivity contribution in [2.24, 2.45) is 7.05 Å². The third-order valence-corrected chi connectivity index (χ3v) is 3.03. The molecule has 2 heterocycles. The molecule has 2 rings (SSSR count). The summed E-state index contributed by atoms with van der Waals surface area (Å²) in [5.41, 5.74) is 2.80. The van der Waals surface area contributed by atoms with Crippen LogP contribution >= 0.6 is 11.6 Å². The van der Waals surface area contributed by atoms with E-state index in [4.69, 9.17) is 16.1 Å². The highest BCUT2D eigenvalue weighted by Crippen LogP contribution is 2.20. The summed E-state index contributed by atoms with van der Waals surface area (Å²) in [6.07, 6.45) is 2.40. The number of rotatable bonds is 5. The molecule has 0 aliphatic rings. The molecule has 92 valence electrons. The topological polar surface area (TPSA) is 55.9 Å². The first kappa shape index (κ1) is 12.1.